The van der Waals surface area contributed by atoms with Gasteiger partial charge in [-0.2, -0.15) is 0 Å². The van der Waals surface area contributed by atoms with Crippen molar-refractivity contribution in [2.75, 3.05) is 5.32 Å². The van der Waals surface area contributed by atoms with Gasteiger partial charge in [0.2, 0.25) is 5.91 Å². The van der Waals surface area contributed by atoms with Crippen molar-refractivity contribution in [1.29, 1.82) is 0 Å². The van der Waals surface area contributed by atoms with Gasteiger partial charge in [0.1, 0.15) is 0 Å². The maximum absolute atomic E-state index is 11.8. The lowest BCUT2D eigenvalue weighted by molar-refractivity contribution is -0.111. The maximum atomic E-state index is 11.8. The van der Waals surface area contributed by atoms with Crippen molar-refractivity contribution >= 4 is 51.9 Å². The number of aryl methyl sites for hydroxylation is 1. The standard InChI is InChI=1S/C16H13ClINO/c1-11-5-7-14(10-15(11)18)19-16(20)8-6-12-3-2-4-13(17)9-12/h2-10H,1H3,(H,19,20)/b8-6+. The van der Waals surface area contributed by atoms with Crippen molar-refractivity contribution in [2.45, 2.75) is 6.92 Å². The molecule has 0 aliphatic carbocycles. The topological polar surface area (TPSA) is 29.1 Å². The van der Waals surface area contributed by atoms with Crippen molar-refractivity contribution in [2.24, 2.45) is 0 Å². The van der Waals surface area contributed by atoms with E-state index in [0.717, 1.165) is 14.8 Å². The van der Waals surface area contributed by atoms with Gasteiger partial charge in [-0.15, -0.1) is 0 Å². The molecule has 20 heavy (non-hydrogen) atoms. The zero-order chi connectivity index (χ0) is 14.5. The van der Waals surface area contributed by atoms with Gasteiger partial charge in [0, 0.05) is 20.4 Å². The Labute approximate surface area is 137 Å². The molecule has 1 N–H and O–H groups in total. The molecule has 0 aliphatic heterocycles. The maximum Gasteiger partial charge on any atom is 0.248 e. The van der Waals surface area contributed by atoms with Crippen LogP contribution in [0.25, 0.3) is 6.08 Å². The molecule has 0 saturated carbocycles. The molecule has 4 heteroatoms. The molecule has 1 amide bonds. The first-order chi connectivity index (χ1) is 9.54. The molecule has 2 aromatic carbocycles. The summed E-state index contributed by atoms with van der Waals surface area (Å²) < 4.78 is 1.12. The van der Waals surface area contributed by atoms with Crippen LogP contribution in [0.15, 0.2) is 48.5 Å². The van der Waals surface area contributed by atoms with Crippen LogP contribution >= 0.6 is 34.2 Å². The van der Waals surface area contributed by atoms with E-state index < -0.39 is 0 Å². The molecule has 102 valence electrons. The summed E-state index contributed by atoms with van der Waals surface area (Å²) in [6.45, 7) is 2.03. The molecule has 2 nitrogen and oxygen atoms in total. The Morgan fingerprint density at radius 2 is 2.05 bits per heavy atom. The minimum Gasteiger partial charge on any atom is -0.322 e. The summed E-state index contributed by atoms with van der Waals surface area (Å²) in [4.78, 5) is 11.8. The van der Waals surface area contributed by atoms with Crippen LogP contribution in [0.2, 0.25) is 5.02 Å². The Morgan fingerprint density at radius 3 is 2.75 bits per heavy atom. The minimum atomic E-state index is -0.162. The lowest BCUT2D eigenvalue weighted by Crippen LogP contribution is -2.07. The van der Waals surface area contributed by atoms with Crippen LogP contribution in [-0.4, -0.2) is 5.91 Å². The third kappa shape index (κ3) is 4.35. The fourth-order valence-corrected chi connectivity index (χ4v) is 2.35. The van der Waals surface area contributed by atoms with Crippen molar-refractivity contribution in [1.82, 2.24) is 0 Å². The van der Waals surface area contributed by atoms with Crippen molar-refractivity contribution < 1.29 is 4.79 Å². The lowest BCUT2D eigenvalue weighted by Gasteiger charge is -2.04. The van der Waals surface area contributed by atoms with E-state index >= 15 is 0 Å². The van der Waals surface area contributed by atoms with Crippen molar-refractivity contribution in [3.8, 4) is 0 Å². The first-order valence-electron chi connectivity index (χ1n) is 6.05. The Balaban J connectivity index is 2.03. The second-order valence-electron chi connectivity index (χ2n) is 4.34. The number of benzene rings is 2. The molecular formula is C16H13ClINO. The summed E-state index contributed by atoms with van der Waals surface area (Å²) in [6.07, 6.45) is 3.23. The van der Waals surface area contributed by atoms with Gasteiger partial charge in [0.25, 0.3) is 0 Å². The Bertz CT molecular complexity index is 667. The number of hydrogen-bond acceptors (Lipinski definition) is 1. The third-order valence-electron chi connectivity index (χ3n) is 2.72. The van der Waals surface area contributed by atoms with E-state index in [0.29, 0.717) is 5.02 Å². The van der Waals surface area contributed by atoms with Gasteiger partial charge in [0.05, 0.1) is 0 Å². The average Bonchev–Trinajstić information content (AvgIpc) is 2.41. The van der Waals surface area contributed by atoms with E-state index in [9.17, 15) is 4.79 Å². The van der Waals surface area contributed by atoms with E-state index in [4.69, 9.17) is 11.6 Å². The molecule has 2 aromatic rings. The molecule has 0 saturated heterocycles. The molecule has 0 bridgehead atoms. The zero-order valence-electron chi connectivity index (χ0n) is 10.9. The Morgan fingerprint density at radius 1 is 1.25 bits per heavy atom. The van der Waals surface area contributed by atoms with E-state index in [2.05, 4.69) is 27.9 Å². The van der Waals surface area contributed by atoms with Crippen LogP contribution in [0.3, 0.4) is 0 Å². The fraction of sp³-hybridized carbons (Fsp3) is 0.0625. The monoisotopic (exact) mass is 397 g/mol. The average molecular weight is 398 g/mol. The van der Waals surface area contributed by atoms with E-state index in [1.807, 2.05) is 37.3 Å². The van der Waals surface area contributed by atoms with Gasteiger partial charge >= 0.3 is 0 Å². The summed E-state index contributed by atoms with van der Waals surface area (Å²) in [5.74, 6) is -0.162. The van der Waals surface area contributed by atoms with Gasteiger partial charge < -0.3 is 5.32 Å². The smallest absolute Gasteiger partial charge is 0.248 e. The minimum absolute atomic E-state index is 0.162. The number of nitrogens with one attached hydrogen (secondary N) is 1. The van der Waals surface area contributed by atoms with Crippen LogP contribution in [0, 0.1) is 10.5 Å². The SMILES string of the molecule is Cc1ccc(NC(=O)/C=C/c2cccc(Cl)c2)cc1I. The van der Waals surface area contributed by atoms with Gasteiger partial charge in [-0.3, -0.25) is 4.79 Å². The first-order valence-corrected chi connectivity index (χ1v) is 7.51. The second kappa shape index (κ2) is 6.90. The number of carbonyl (C=O) groups is 1. The van der Waals surface area contributed by atoms with Gasteiger partial charge in [-0.25, -0.2) is 0 Å². The third-order valence-corrected chi connectivity index (χ3v) is 4.11. The van der Waals surface area contributed by atoms with Crippen LogP contribution in [-0.2, 0) is 4.79 Å². The molecule has 0 fully saturated rings. The number of halogens is 2. The summed E-state index contributed by atoms with van der Waals surface area (Å²) in [7, 11) is 0. The zero-order valence-corrected chi connectivity index (χ0v) is 13.8. The van der Waals surface area contributed by atoms with E-state index in [1.165, 1.54) is 11.6 Å². The second-order valence-corrected chi connectivity index (χ2v) is 5.94. The number of hydrogen-bond donors (Lipinski definition) is 1. The van der Waals surface area contributed by atoms with E-state index in [-0.39, 0.29) is 5.91 Å². The largest absolute Gasteiger partial charge is 0.322 e. The molecule has 0 atom stereocenters. The highest BCUT2D eigenvalue weighted by Gasteiger charge is 2.00. The lowest BCUT2D eigenvalue weighted by atomic mass is 10.2. The molecule has 0 heterocycles. The number of rotatable bonds is 3. The molecule has 0 radical (unpaired) electrons. The molecular weight excluding hydrogens is 385 g/mol. The number of anilines is 1. The molecule has 0 unspecified atom stereocenters. The van der Waals surface area contributed by atoms with Crippen LogP contribution in [0.5, 0.6) is 0 Å². The van der Waals surface area contributed by atoms with Crippen molar-refractivity contribution in [3.05, 3.63) is 68.3 Å². The predicted molar refractivity (Wildman–Crippen MR) is 93.0 cm³/mol. The number of carbonyl (C=O) groups excluding carboxylic acids is 1. The first kappa shape index (κ1) is 15.1. The molecule has 0 spiro atoms. The van der Waals surface area contributed by atoms with Crippen LogP contribution in [0.4, 0.5) is 5.69 Å². The summed E-state index contributed by atoms with van der Waals surface area (Å²) in [5, 5.41) is 3.48. The quantitative estimate of drug-likeness (QED) is 0.579. The highest BCUT2D eigenvalue weighted by Crippen LogP contribution is 2.17. The van der Waals surface area contributed by atoms with Crippen LogP contribution < -0.4 is 5.32 Å². The van der Waals surface area contributed by atoms with Crippen LogP contribution in [0.1, 0.15) is 11.1 Å². The number of amides is 1. The summed E-state index contributed by atoms with van der Waals surface area (Å²) in [6, 6.07) is 13.2. The molecule has 2 rings (SSSR count). The molecule has 0 aliphatic rings. The highest BCUT2D eigenvalue weighted by atomic mass is 127. The van der Waals surface area contributed by atoms with E-state index in [1.54, 1.807) is 18.2 Å². The summed E-state index contributed by atoms with van der Waals surface area (Å²) in [5.41, 5.74) is 2.88. The van der Waals surface area contributed by atoms with Crippen molar-refractivity contribution in [3.63, 3.8) is 0 Å². The van der Waals surface area contributed by atoms with Gasteiger partial charge in [-0.05, 0) is 71.0 Å². The Hall–Kier alpha value is -1.33. The van der Waals surface area contributed by atoms with Gasteiger partial charge in [-0.1, -0.05) is 29.8 Å². The predicted octanol–water partition coefficient (Wildman–Crippen LogP) is 4.90. The Kier molecular flexibility index (Phi) is 5.20. The highest BCUT2D eigenvalue weighted by molar-refractivity contribution is 14.1. The van der Waals surface area contributed by atoms with Gasteiger partial charge in [0.15, 0.2) is 0 Å². The fourth-order valence-electron chi connectivity index (χ4n) is 1.64. The summed E-state index contributed by atoms with van der Waals surface area (Å²) >= 11 is 8.13. The normalized spacial score (nSPS) is 10.8. The molecule has 0 aromatic heterocycles.